The Morgan fingerprint density at radius 2 is 1.76 bits per heavy atom. The highest BCUT2D eigenvalue weighted by Crippen LogP contribution is 1.93. The first-order valence-electron chi connectivity index (χ1n) is 5.32. The highest BCUT2D eigenvalue weighted by atomic mass is 35.5. The molecule has 0 amide bonds. The van der Waals surface area contributed by atoms with Crippen LogP contribution in [0.1, 0.15) is 12.0 Å². The first kappa shape index (κ1) is 18.6. The van der Waals surface area contributed by atoms with Crippen LogP contribution >= 0.6 is 24.8 Å². The maximum atomic E-state index is 3.28. The van der Waals surface area contributed by atoms with Gasteiger partial charge in [0.2, 0.25) is 0 Å². The molecule has 96 valence electrons. The van der Waals surface area contributed by atoms with E-state index >= 15 is 0 Å². The Kier molecular flexibility index (Phi) is 14.6. The molecule has 0 heterocycles. The van der Waals surface area contributed by atoms with Gasteiger partial charge in [0.1, 0.15) is 0 Å². The lowest BCUT2D eigenvalue weighted by atomic mass is 10.2. The zero-order valence-electron chi connectivity index (χ0n) is 10.0. The molecule has 1 aromatic rings. The van der Waals surface area contributed by atoms with Crippen LogP contribution in [-0.2, 0) is 0 Å². The Morgan fingerprint density at radius 3 is 2.41 bits per heavy atom. The van der Waals surface area contributed by atoms with E-state index < -0.39 is 0 Å². The highest BCUT2D eigenvalue weighted by molar-refractivity contribution is 5.85. The molecular weight excluding hydrogens is 255 g/mol. The molecule has 0 saturated carbocycles. The monoisotopic (exact) mass is 274 g/mol. The molecule has 0 bridgehead atoms. The largest absolute Gasteiger partial charge is 0.320 e. The molecule has 0 aliphatic rings. The van der Waals surface area contributed by atoms with Gasteiger partial charge in [0, 0.05) is 5.56 Å². The van der Waals surface area contributed by atoms with Gasteiger partial charge in [-0.25, -0.2) is 0 Å². The second-order valence-corrected chi connectivity index (χ2v) is 3.30. The summed E-state index contributed by atoms with van der Waals surface area (Å²) in [4.78, 5) is 0. The van der Waals surface area contributed by atoms with Crippen LogP contribution in [0.25, 0.3) is 0 Å². The van der Waals surface area contributed by atoms with Crippen molar-refractivity contribution < 1.29 is 0 Å². The van der Waals surface area contributed by atoms with Crippen molar-refractivity contribution >= 4 is 24.8 Å². The van der Waals surface area contributed by atoms with Gasteiger partial charge in [-0.1, -0.05) is 30.0 Å². The molecule has 0 atom stereocenters. The molecule has 4 heteroatoms. The molecule has 0 radical (unpaired) electrons. The minimum absolute atomic E-state index is 0. The summed E-state index contributed by atoms with van der Waals surface area (Å²) in [5.41, 5.74) is 1.08. The van der Waals surface area contributed by atoms with Crippen molar-refractivity contribution in [2.24, 2.45) is 0 Å². The molecule has 0 unspecified atom stereocenters. The predicted molar refractivity (Wildman–Crippen MR) is 79.2 cm³/mol. The van der Waals surface area contributed by atoms with E-state index in [9.17, 15) is 0 Å². The first-order valence-corrected chi connectivity index (χ1v) is 5.32. The molecule has 2 N–H and O–H groups in total. The normalized spacial score (nSPS) is 8.29. The summed E-state index contributed by atoms with van der Waals surface area (Å²) >= 11 is 0. The van der Waals surface area contributed by atoms with E-state index in [1.54, 1.807) is 0 Å². The fourth-order valence-electron chi connectivity index (χ4n) is 1.21. The van der Waals surface area contributed by atoms with Crippen LogP contribution in [0.5, 0.6) is 0 Å². The van der Waals surface area contributed by atoms with Gasteiger partial charge >= 0.3 is 0 Å². The molecule has 0 aromatic heterocycles. The summed E-state index contributed by atoms with van der Waals surface area (Å²) in [7, 11) is 1.97. The summed E-state index contributed by atoms with van der Waals surface area (Å²) < 4.78 is 0. The number of rotatable bonds is 5. The fourth-order valence-corrected chi connectivity index (χ4v) is 1.21. The van der Waals surface area contributed by atoms with Gasteiger partial charge in [0.25, 0.3) is 0 Å². The maximum absolute atomic E-state index is 3.28. The first-order chi connectivity index (χ1) is 7.43. The quantitative estimate of drug-likeness (QED) is 0.635. The maximum Gasteiger partial charge on any atom is 0.0580 e. The third-order valence-corrected chi connectivity index (χ3v) is 2.00. The minimum Gasteiger partial charge on any atom is -0.320 e. The SMILES string of the molecule is CNCCCNCC#Cc1ccccc1.Cl.Cl. The van der Waals surface area contributed by atoms with Crippen molar-refractivity contribution in [3.63, 3.8) is 0 Å². The fraction of sp³-hybridized carbons (Fsp3) is 0.385. The van der Waals surface area contributed by atoms with Gasteiger partial charge in [-0.15, -0.1) is 24.8 Å². The Labute approximate surface area is 116 Å². The smallest absolute Gasteiger partial charge is 0.0580 e. The lowest BCUT2D eigenvalue weighted by Crippen LogP contribution is -2.19. The lowest BCUT2D eigenvalue weighted by Gasteiger charge is -1.98. The van der Waals surface area contributed by atoms with E-state index in [-0.39, 0.29) is 24.8 Å². The number of nitrogens with one attached hydrogen (secondary N) is 2. The van der Waals surface area contributed by atoms with Crippen molar-refractivity contribution in [1.29, 1.82) is 0 Å². The second-order valence-electron chi connectivity index (χ2n) is 3.30. The molecular formula is C13H20Cl2N2. The average molecular weight is 275 g/mol. The summed E-state index contributed by atoms with van der Waals surface area (Å²) in [6, 6.07) is 10.1. The van der Waals surface area contributed by atoms with Gasteiger partial charge < -0.3 is 10.6 Å². The summed E-state index contributed by atoms with van der Waals surface area (Å²) in [6.07, 6.45) is 1.14. The van der Waals surface area contributed by atoms with E-state index in [1.165, 1.54) is 0 Å². The number of halogens is 2. The molecule has 2 nitrogen and oxygen atoms in total. The molecule has 1 aromatic carbocycles. The van der Waals surface area contributed by atoms with Crippen molar-refractivity contribution in [3.05, 3.63) is 35.9 Å². The van der Waals surface area contributed by atoms with E-state index in [2.05, 4.69) is 22.5 Å². The van der Waals surface area contributed by atoms with E-state index in [0.717, 1.165) is 31.6 Å². The van der Waals surface area contributed by atoms with Gasteiger partial charge in [0.15, 0.2) is 0 Å². The van der Waals surface area contributed by atoms with Crippen LogP contribution in [0.2, 0.25) is 0 Å². The van der Waals surface area contributed by atoms with Crippen LogP contribution in [0.4, 0.5) is 0 Å². The van der Waals surface area contributed by atoms with E-state index in [1.807, 2.05) is 37.4 Å². The molecule has 17 heavy (non-hydrogen) atoms. The van der Waals surface area contributed by atoms with Crippen LogP contribution in [-0.4, -0.2) is 26.7 Å². The van der Waals surface area contributed by atoms with Crippen molar-refractivity contribution in [2.45, 2.75) is 6.42 Å². The number of benzene rings is 1. The topological polar surface area (TPSA) is 24.1 Å². The predicted octanol–water partition coefficient (Wildman–Crippen LogP) is 2.08. The third kappa shape index (κ3) is 10.2. The van der Waals surface area contributed by atoms with Gasteiger partial charge in [-0.05, 0) is 38.7 Å². The third-order valence-electron chi connectivity index (χ3n) is 2.00. The van der Waals surface area contributed by atoms with Crippen LogP contribution < -0.4 is 10.6 Å². The van der Waals surface area contributed by atoms with Crippen LogP contribution in [0, 0.1) is 11.8 Å². The summed E-state index contributed by atoms with van der Waals surface area (Å²) in [5.74, 6) is 6.20. The van der Waals surface area contributed by atoms with Crippen LogP contribution in [0.15, 0.2) is 30.3 Å². The lowest BCUT2D eigenvalue weighted by molar-refractivity contribution is 0.659. The van der Waals surface area contributed by atoms with Gasteiger partial charge in [-0.2, -0.15) is 0 Å². The average Bonchev–Trinajstić information content (AvgIpc) is 2.29. The Balaban J connectivity index is 0. The molecule has 0 fully saturated rings. The van der Waals surface area contributed by atoms with Crippen molar-refractivity contribution in [3.8, 4) is 11.8 Å². The van der Waals surface area contributed by atoms with Crippen LogP contribution in [0.3, 0.4) is 0 Å². The van der Waals surface area contributed by atoms with E-state index in [0.29, 0.717) is 0 Å². The minimum atomic E-state index is 0. The Morgan fingerprint density at radius 1 is 1.06 bits per heavy atom. The molecule has 0 aliphatic carbocycles. The highest BCUT2D eigenvalue weighted by Gasteiger charge is 1.84. The zero-order chi connectivity index (χ0) is 10.8. The zero-order valence-corrected chi connectivity index (χ0v) is 11.7. The van der Waals surface area contributed by atoms with Gasteiger partial charge in [-0.3, -0.25) is 0 Å². The van der Waals surface area contributed by atoms with Crippen molar-refractivity contribution in [2.75, 3.05) is 26.7 Å². The number of hydrogen-bond acceptors (Lipinski definition) is 2. The molecule has 0 saturated heterocycles. The standard InChI is InChI=1S/C13H18N2.2ClH/c1-14-10-6-12-15-11-5-9-13-7-3-2-4-8-13;;/h2-4,7-8,14-15H,6,10-12H2,1H3;2*1H. The van der Waals surface area contributed by atoms with E-state index in [4.69, 9.17) is 0 Å². The van der Waals surface area contributed by atoms with Crippen molar-refractivity contribution in [1.82, 2.24) is 10.6 Å². The molecule has 0 aliphatic heterocycles. The van der Waals surface area contributed by atoms with Gasteiger partial charge in [0.05, 0.1) is 6.54 Å². The number of hydrogen-bond donors (Lipinski definition) is 2. The Hall–Kier alpha value is -0.720. The second kappa shape index (κ2) is 13.3. The summed E-state index contributed by atoms with van der Waals surface area (Å²) in [6.45, 7) is 2.84. The Bertz CT molecular complexity index is 317. The molecule has 0 spiro atoms. The molecule has 1 rings (SSSR count). The summed E-state index contributed by atoms with van der Waals surface area (Å²) in [5, 5.41) is 6.39.